The zero-order valence-corrected chi connectivity index (χ0v) is 15.9. The third-order valence-corrected chi connectivity index (χ3v) is 4.75. The Morgan fingerprint density at radius 2 is 1.86 bits per heavy atom. The van der Waals surface area contributed by atoms with Crippen LogP contribution in [-0.4, -0.2) is 43.7 Å². The van der Waals surface area contributed by atoms with E-state index < -0.39 is 17.7 Å². The molecule has 1 heterocycles. The first-order valence-electron chi connectivity index (χ1n) is 9.38. The normalized spacial score (nSPS) is 16.0. The number of carbonyl (C=O) groups is 1. The molecule has 0 radical (unpaired) electrons. The van der Waals surface area contributed by atoms with Crippen LogP contribution >= 0.6 is 0 Å². The fraction of sp³-hybridized carbons (Fsp3) is 0.381. The number of hydrogen-bond donors (Lipinski definition) is 2. The summed E-state index contributed by atoms with van der Waals surface area (Å²) in [5, 5.41) is 5.77. The minimum atomic E-state index is -0.628. The molecule has 1 aliphatic heterocycles. The van der Waals surface area contributed by atoms with E-state index in [0.29, 0.717) is 11.3 Å². The summed E-state index contributed by atoms with van der Waals surface area (Å²) in [4.78, 5) is 14.5. The lowest BCUT2D eigenvalue weighted by molar-refractivity contribution is -0.115. The van der Waals surface area contributed by atoms with Gasteiger partial charge in [0.1, 0.15) is 11.6 Å². The van der Waals surface area contributed by atoms with Crippen molar-refractivity contribution in [3.8, 4) is 0 Å². The molecule has 0 aromatic heterocycles. The van der Waals surface area contributed by atoms with E-state index in [9.17, 15) is 13.6 Å². The van der Waals surface area contributed by atoms with E-state index >= 15 is 0 Å². The number of halogens is 2. The van der Waals surface area contributed by atoms with Gasteiger partial charge in [-0.25, -0.2) is 8.78 Å². The highest BCUT2D eigenvalue weighted by Crippen LogP contribution is 2.17. The Bertz CT molecular complexity index is 793. The second kappa shape index (κ2) is 9.73. The SMILES string of the molecule is C[C@@H](NCC(=O)Nc1ccc(CN2CCOCC2)cc1)c1ccc(F)cc1F. The van der Waals surface area contributed by atoms with Crippen LogP contribution in [0, 0.1) is 11.6 Å². The van der Waals surface area contributed by atoms with Gasteiger partial charge in [-0.15, -0.1) is 0 Å². The van der Waals surface area contributed by atoms with Gasteiger partial charge in [0.2, 0.25) is 5.91 Å². The Hall–Kier alpha value is -2.35. The maximum atomic E-state index is 13.8. The predicted molar refractivity (Wildman–Crippen MR) is 104 cm³/mol. The lowest BCUT2D eigenvalue weighted by Gasteiger charge is -2.26. The monoisotopic (exact) mass is 389 g/mol. The summed E-state index contributed by atoms with van der Waals surface area (Å²) in [5.41, 5.74) is 2.21. The quantitative estimate of drug-likeness (QED) is 0.764. The van der Waals surface area contributed by atoms with Gasteiger partial charge in [0.05, 0.1) is 19.8 Å². The molecule has 0 unspecified atom stereocenters. The Labute approximate surface area is 163 Å². The zero-order valence-electron chi connectivity index (χ0n) is 15.9. The molecular formula is C21H25F2N3O2. The highest BCUT2D eigenvalue weighted by Gasteiger charge is 2.13. The minimum Gasteiger partial charge on any atom is -0.379 e. The standard InChI is InChI=1S/C21H25F2N3O2/c1-15(19-7-4-17(22)12-20(19)23)24-13-21(27)25-18-5-2-16(3-6-18)14-26-8-10-28-11-9-26/h2-7,12,15,24H,8-11,13-14H2,1H3,(H,25,27)/t15-/m1/s1. The van der Waals surface area contributed by atoms with Crippen LogP contribution in [0.15, 0.2) is 42.5 Å². The van der Waals surface area contributed by atoms with Crippen molar-refractivity contribution in [1.82, 2.24) is 10.2 Å². The van der Waals surface area contributed by atoms with E-state index in [1.165, 1.54) is 17.7 Å². The third-order valence-electron chi connectivity index (χ3n) is 4.75. The van der Waals surface area contributed by atoms with E-state index in [1.807, 2.05) is 24.3 Å². The van der Waals surface area contributed by atoms with Crippen molar-refractivity contribution < 1.29 is 18.3 Å². The molecule has 1 amide bonds. The van der Waals surface area contributed by atoms with Crippen LogP contribution < -0.4 is 10.6 Å². The molecule has 2 aromatic rings. The van der Waals surface area contributed by atoms with Gasteiger partial charge in [-0.3, -0.25) is 9.69 Å². The molecule has 0 aliphatic carbocycles. The summed E-state index contributed by atoms with van der Waals surface area (Å²) < 4.78 is 32.1. The Balaban J connectivity index is 1.46. The van der Waals surface area contributed by atoms with Gasteiger partial charge < -0.3 is 15.4 Å². The molecule has 0 bridgehead atoms. The molecule has 150 valence electrons. The number of benzene rings is 2. The molecular weight excluding hydrogens is 364 g/mol. The highest BCUT2D eigenvalue weighted by atomic mass is 19.1. The van der Waals surface area contributed by atoms with E-state index in [1.54, 1.807) is 6.92 Å². The van der Waals surface area contributed by atoms with Gasteiger partial charge in [0.25, 0.3) is 0 Å². The van der Waals surface area contributed by atoms with E-state index in [2.05, 4.69) is 15.5 Å². The van der Waals surface area contributed by atoms with Crippen molar-refractivity contribution >= 4 is 11.6 Å². The number of ether oxygens (including phenoxy) is 1. The van der Waals surface area contributed by atoms with Crippen LogP contribution in [0.2, 0.25) is 0 Å². The van der Waals surface area contributed by atoms with Gasteiger partial charge in [-0.1, -0.05) is 18.2 Å². The summed E-state index contributed by atoms with van der Waals surface area (Å²) in [6.07, 6.45) is 0. The average Bonchev–Trinajstić information content (AvgIpc) is 2.68. The lowest BCUT2D eigenvalue weighted by Crippen LogP contribution is -2.35. The van der Waals surface area contributed by atoms with E-state index in [-0.39, 0.29) is 12.5 Å². The molecule has 0 saturated carbocycles. The molecule has 3 rings (SSSR count). The predicted octanol–water partition coefficient (Wildman–Crippen LogP) is 3.09. The summed E-state index contributed by atoms with van der Waals surface area (Å²) in [6, 6.07) is 10.7. The molecule has 1 saturated heterocycles. The molecule has 1 aliphatic rings. The summed E-state index contributed by atoms with van der Waals surface area (Å²) in [6.45, 7) is 5.99. The third kappa shape index (κ3) is 5.82. The fourth-order valence-electron chi connectivity index (χ4n) is 3.12. The second-order valence-corrected chi connectivity index (χ2v) is 6.90. The van der Waals surface area contributed by atoms with Crippen molar-refractivity contribution in [2.45, 2.75) is 19.5 Å². The molecule has 7 heteroatoms. The number of nitrogens with one attached hydrogen (secondary N) is 2. The molecule has 2 N–H and O–H groups in total. The number of rotatable bonds is 7. The Kier molecular flexibility index (Phi) is 7.08. The smallest absolute Gasteiger partial charge is 0.238 e. The highest BCUT2D eigenvalue weighted by molar-refractivity contribution is 5.92. The molecule has 0 spiro atoms. The summed E-state index contributed by atoms with van der Waals surface area (Å²) >= 11 is 0. The van der Waals surface area contributed by atoms with Crippen molar-refractivity contribution in [1.29, 1.82) is 0 Å². The first-order chi connectivity index (χ1) is 13.5. The maximum absolute atomic E-state index is 13.8. The minimum absolute atomic E-state index is 0.0213. The van der Waals surface area contributed by atoms with Gasteiger partial charge in [0.15, 0.2) is 0 Å². The van der Waals surface area contributed by atoms with Crippen LogP contribution in [0.25, 0.3) is 0 Å². The van der Waals surface area contributed by atoms with Crippen molar-refractivity contribution in [2.75, 3.05) is 38.2 Å². The topological polar surface area (TPSA) is 53.6 Å². The van der Waals surface area contributed by atoms with Gasteiger partial charge in [-0.05, 0) is 30.7 Å². The van der Waals surface area contributed by atoms with Crippen molar-refractivity contribution in [3.63, 3.8) is 0 Å². The van der Waals surface area contributed by atoms with Crippen LogP contribution in [0.5, 0.6) is 0 Å². The van der Waals surface area contributed by atoms with Gasteiger partial charge in [-0.2, -0.15) is 0 Å². The summed E-state index contributed by atoms with van der Waals surface area (Å²) in [7, 11) is 0. The Morgan fingerprint density at radius 1 is 1.14 bits per heavy atom. The van der Waals surface area contributed by atoms with Gasteiger partial charge >= 0.3 is 0 Å². The number of amides is 1. The van der Waals surface area contributed by atoms with Gasteiger partial charge in [0, 0.05) is 43.0 Å². The first kappa shape index (κ1) is 20.4. The van der Waals surface area contributed by atoms with E-state index in [0.717, 1.165) is 38.9 Å². The van der Waals surface area contributed by atoms with Crippen LogP contribution in [0.1, 0.15) is 24.1 Å². The average molecular weight is 389 g/mol. The number of hydrogen-bond acceptors (Lipinski definition) is 4. The molecule has 28 heavy (non-hydrogen) atoms. The van der Waals surface area contributed by atoms with Crippen LogP contribution in [-0.2, 0) is 16.1 Å². The zero-order chi connectivity index (χ0) is 19.9. The van der Waals surface area contributed by atoms with Crippen molar-refractivity contribution in [2.24, 2.45) is 0 Å². The molecule has 5 nitrogen and oxygen atoms in total. The maximum Gasteiger partial charge on any atom is 0.238 e. The largest absolute Gasteiger partial charge is 0.379 e. The van der Waals surface area contributed by atoms with Crippen LogP contribution in [0.3, 0.4) is 0 Å². The summed E-state index contributed by atoms with van der Waals surface area (Å²) in [5.74, 6) is -1.48. The Morgan fingerprint density at radius 3 is 2.54 bits per heavy atom. The number of morpholine rings is 1. The number of anilines is 1. The first-order valence-corrected chi connectivity index (χ1v) is 9.38. The molecule has 1 fully saturated rings. The number of nitrogens with zero attached hydrogens (tertiary/aromatic N) is 1. The molecule has 2 aromatic carbocycles. The second-order valence-electron chi connectivity index (χ2n) is 6.90. The molecule has 1 atom stereocenters. The lowest BCUT2D eigenvalue weighted by atomic mass is 10.1. The fourth-order valence-corrected chi connectivity index (χ4v) is 3.12. The van der Waals surface area contributed by atoms with Crippen LogP contribution in [0.4, 0.5) is 14.5 Å². The number of carbonyl (C=O) groups excluding carboxylic acids is 1. The van der Waals surface area contributed by atoms with E-state index in [4.69, 9.17) is 4.74 Å². The van der Waals surface area contributed by atoms with Crippen molar-refractivity contribution in [3.05, 3.63) is 65.2 Å².